The zero-order chi connectivity index (χ0) is 20.0. The second-order valence-corrected chi connectivity index (χ2v) is 8.56. The molecule has 150 valence electrons. The fourth-order valence-corrected chi connectivity index (χ4v) is 5.38. The lowest BCUT2D eigenvalue weighted by molar-refractivity contribution is 0.0594. The molecule has 0 aliphatic heterocycles. The van der Waals surface area contributed by atoms with Gasteiger partial charge in [0.15, 0.2) is 11.6 Å². The predicted molar refractivity (Wildman–Crippen MR) is 102 cm³/mol. The second-order valence-electron chi connectivity index (χ2n) is 8.56. The highest BCUT2D eigenvalue weighted by Gasteiger charge is 2.36. The topological polar surface area (TPSA) is 26.3 Å². The van der Waals surface area contributed by atoms with Gasteiger partial charge in [-0.1, -0.05) is 25.5 Å². The highest BCUT2D eigenvalue weighted by atomic mass is 19.2. The molecule has 0 amide bonds. The molecule has 2 aliphatic carbocycles. The average Bonchev–Trinajstić information content (AvgIpc) is 2.69. The summed E-state index contributed by atoms with van der Waals surface area (Å²) >= 11 is 0. The molecule has 2 saturated carbocycles. The van der Waals surface area contributed by atoms with E-state index in [2.05, 4.69) is 11.7 Å². The number of esters is 1. The van der Waals surface area contributed by atoms with Crippen molar-refractivity contribution in [2.75, 3.05) is 7.11 Å². The van der Waals surface area contributed by atoms with Gasteiger partial charge < -0.3 is 4.74 Å². The molecule has 0 spiro atoms. The Bertz CT molecular complexity index is 924. The second kappa shape index (κ2) is 7.41. The lowest BCUT2D eigenvalue weighted by Gasteiger charge is -2.41. The lowest BCUT2D eigenvalue weighted by Crippen LogP contribution is -2.30. The minimum Gasteiger partial charge on any atom is -0.465 e. The molecule has 4 atom stereocenters. The summed E-state index contributed by atoms with van der Waals surface area (Å²) < 4.78 is 48.8. The molecule has 2 aromatic carbocycles. The van der Waals surface area contributed by atoms with Gasteiger partial charge in [-0.3, -0.25) is 0 Å². The van der Waals surface area contributed by atoms with Crippen LogP contribution in [0.15, 0.2) is 18.2 Å². The van der Waals surface area contributed by atoms with Crippen molar-refractivity contribution in [3.8, 4) is 0 Å². The van der Waals surface area contributed by atoms with Crippen LogP contribution in [0.3, 0.4) is 0 Å². The third-order valence-corrected chi connectivity index (χ3v) is 6.87. The van der Waals surface area contributed by atoms with Crippen LogP contribution in [-0.4, -0.2) is 13.1 Å². The fourth-order valence-electron chi connectivity index (χ4n) is 5.38. The van der Waals surface area contributed by atoms with Crippen molar-refractivity contribution in [2.24, 2.45) is 17.8 Å². The van der Waals surface area contributed by atoms with Gasteiger partial charge >= 0.3 is 5.97 Å². The van der Waals surface area contributed by atoms with Crippen molar-refractivity contribution >= 4 is 16.7 Å². The maximum atomic E-state index is 15.3. The summed E-state index contributed by atoms with van der Waals surface area (Å²) in [5, 5.41) is -0.206. The molecular formula is C23H25F3O2. The number of fused-ring (bicyclic) bond motifs is 2. The molecule has 2 aromatic rings. The van der Waals surface area contributed by atoms with Gasteiger partial charge in [-0.05, 0) is 72.8 Å². The number of carbonyl (C=O) groups is 1. The van der Waals surface area contributed by atoms with Crippen LogP contribution >= 0.6 is 0 Å². The van der Waals surface area contributed by atoms with Gasteiger partial charge in [-0.15, -0.1) is 0 Å². The summed E-state index contributed by atoms with van der Waals surface area (Å²) in [6.07, 6.45) is 6.47. The van der Waals surface area contributed by atoms with Gasteiger partial charge in [-0.2, -0.15) is 0 Å². The molecular weight excluding hydrogens is 365 g/mol. The highest BCUT2D eigenvalue weighted by molar-refractivity contribution is 5.96. The Morgan fingerprint density at radius 1 is 0.964 bits per heavy atom. The number of ether oxygens (including phenoxy) is 1. The van der Waals surface area contributed by atoms with E-state index in [1.807, 2.05) is 0 Å². The number of hydrogen-bond donors (Lipinski definition) is 0. The predicted octanol–water partition coefficient (Wildman–Crippen LogP) is 6.36. The summed E-state index contributed by atoms with van der Waals surface area (Å²) in [7, 11) is 1.09. The molecule has 4 rings (SSSR count). The number of carbonyl (C=O) groups excluding carboxylic acids is 1. The van der Waals surface area contributed by atoms with E-state index in [9.17, 15) is 13.6 Å². The van der Waals surface area contributed by atoms with Crippen LogP contribution in [0.4, 0.5) is 13.2 Å². The van der Waals surface area contributed by atoms with Gasteiger partial charge in [0.25, 0.3) is 0 Å². The molecule has 2 fully saturated rings. The molecule has 0 heterocycles. The molecule has 2 nitrogen and oxygen atoms in total. The van der Waals surface area contributed by atoms with Crippen LogP contribution in [0.1, 0.15) is 67.3 Å². The van der Waals surface area contributed by atoms with Crippen LogP contribution < -0.4 is 0 Å². The fraction of sp³-hybridized carbons (Fsp3) is 0.522. The van der Waals surface area contributed by atoms with E-state index in [0.717, 1.165) is 38.4 Å². The summed E-state index contributed by atoms with van der Waals surface area (Å²) in [5.74, 6) is -2.27. The first kappa shape index (κ1) is 19.3. The van der Waals surface area contributed by atoms with E-state index in [1.165, 1.54) is 19.3 Å². The van der Waals surface area contributed by atoms with Gasteiger partial charge in [0, 0.05) is 0 Å². The number of halogens is 3. The average molecular weight is 390 g/mol. The normalized spacial score (nSPS) is 27.5. The van der Waals surface area contributed by atoms with Gasteiger partial charge in [0.1, 0.15) is 5.82 Å². The molecule has 0 radical (unpaired) electrons. The first-order chi connectivity index (χ1) is 13.4. The van der Waals surface area contributed by atoms with E-state index in [0.29, 0.717) is 17.4 Å². The molecule has 5 heteroatoms. The van der Waals surface area contributed by atoms with Crippen molar-refractivity contribution in [2.45, 2.75) is 51.4 Å². The minimum absolute atomic E-state index is 0.0294. The minimum atomic E-state index is -1.36. The van der Waals surface area contributed by atoms with Crippen molar-refractivity contribution in [3.63, 3.8) is 0 Å². The van der Waals surface area contributed by atoms with Crippen LogP contribution in [0.25, 0.3) is 10.8 Å². The van der Waals surface area contributed by atoms with E-state index in [-0.39, 0.29) is 16.7 Å². The Morgan fingerprint density at radius 2 is 1.68 bits per heavy atom. The SMILES string of the molecule is COC(=O)c1cc2ccc(C3CCC4CC(C)CCC4C3)c(F)c2c(F)c1F. The number of rotatable bonds is 2. The first-order valence-electron chi connectivity index (χ1n) is 10.1. The van der Waals surface area contributed by atoms with Crippen molar-refractivity contribution in [3.05, 3.63) is 46.8 Å². The Labute approximate surface area is 163 Å². The Balaban J connectivity index is 1.70. The Hall–Kier alpha value is -2.04. The Kier molecular flexibility index (Phi) is 5.11. The molecule has 0 N–H and O–H groups in total. The van der Waals surface area contributed by atoms with Crippen molar-refractivity contribution in [1.82, 2.24) is 0 Å². The number of hydrogen-bond acceptors (Lipinski definition) is 2. The molecule has 2 aliphatic rings. The number of benzene rings is 2. The van der Waals surface area contributed by atoms with Crippen LogP contribution in [-0.2, 0) is 4.74 Å². The third kappa shape index (κ3) is 3.19. The lowest BCUT2D eigenvalue weighted by atomic mass is 9.64. The molecule has 0 aromatic heterocycles. The molecule has 4 unspecified atom stereocenters. The van der Waals surface area contributed by atoms with Gasteiger partial charge in [0.2, 0.25) is 0 Å². The van der Waals surface area contributed by atoms with Crippen LogP contribution in [0, 0.1) is 35.2 Å². The molecule has 0 bridgehead atoms. The first-order valence-corrected chi connectivity index (χ1v) is 10.1. The zero-order valence-corrected chi connectivity index (χ0v) is 16.2. The maximum absolute atomic E-state index is 15.3. The standard InChI is InChI=1S/C23H25F3O2/c1-12-3-4-14-10-15(6-5-13(14)9-12)17-8-7-16-11-18(23(27)28-2)21(25)22(26)19(16)20(17)24/h7-8,11-15H,3-6,9-10H2,1-2H3. The summed E-state index contributed by atoms with van der Waals surface area (Å²) in [5.41, 5.74) is -0.0508. The monoisotopic (exact) mass is 390 g/mol. The summed E-state index contributed by atoms with van der Waals surface area (Å²) in [4.78, 5) is 11.7. The molecule has 28 heavy (non-hydrogen) atoms. The van der Waals surface area contributed by atoms with Gasteiger partial charge in [-0.25, -0.2) is 18.0 Å². The zero-order valence-electron chi connectivity index (χ0n) is 16.2. The third-order valence-electron chi connectivity index (χ3n) is 6.87. The van der Waals surface area contributed by atoms with Crippen LogP contribution in [0.2, 0.25) is 0 Å². The highest BCUT2D eigenvalue weighted by Crippen LogP contribution is 2.48. The molecule has 0 saturated heterocycles. The maximum Gasteiger partial charge on any atom is 0.340 e. The van der Waals surface area contributed by atoms with Crippen molar-refractivity contribution in [1.29, 1.82) is 0 Å². The smallest absolute Gasteiger partial charge is 0.340 e. The summed E-state index contributed by atoms with van der Waals surface area (Å²) in [6, 6.07) is 4.41. The van der Waals surface area contributed by atoms with E-state index in [4.69, 9.17) is 0 Å². The Morgan fingerprint density at radius 3 is 2.43 bits per heavy atom. The summed E-state index contributed by atoms with van der Waals surface area (Å²) in [6.45, 7) is 2.30. The number of methoxy groups -OCH3 is 1. The van der Waals surface area contributed by atoms with Crippen LogP contribution in [0.5, 0.6) is 0 Å². The van der Waals surface area contributed by atoms with E-state index >= 15 is 4.39 Å². The van der Waals surface area contributed by atoms with E-state index < -0.39 is 29.0 Å². The van der Waals surface area contributed by atoms with E-state index in [1.54, 1.807) is 12.1 Å². The van der Waals surface area contributed by atoms with Crippen molar-refractivity contribution < 1.29 is 22.7 Å². The quantitative estimate of drug-likeness (QED) is 0.558. The largest absolute Gasteiger partial charge is 0.465 e. The van der Waals surface area contributed by atoms with Gasteiger partial charge in [0.05, 0.1) is 18.1 Å².